The third-order valence-corrected chi connectivity index (χ3v) is 3.49. The van der Waals surface area contributed by atoms with Gasteiger partial charge in [-0.25, -0.2) is 0 Å². The van der Waals surface area contributed by atoms with Crippen molar-refractivity contribution in [1.82, 2.24) is 0 Å². The molecule has 0 bridgehead atoms. The number of phenols is 2. The first-order valence-corrected chi connectivity index (χ1v) is 7.58. The number of benzene rings is 3. The molecule has 0 atom stereocenters. The fourth-order valence-electron chi connectivity index (χ4n) is 1.93. The predicted molar refractivity (Wildman–Crippen MR) is 96.3 cm³/mol. The van der Waals surface area contributed by atoms with Gasteiger partial charge in [0.2, 0.25) is 0 Å². The highest BCUT2D eigenvalue weighted by Gasteiger charge is 2.03. The molecule has 4 nitrogen and oxygen atoms in total. The minimum atomic E-state index is 0.194. The van der Waals surface area contributed by atoms with Crippen molar-refractivity contribution in [2.45, 2.75) is 13.8 Å². The number of hydrogen-bond donors (Lipinski definition) is 2. The largest absolute Gasteiger partial charge is 0.508 e. The van der Waals surface area contributed by atoms with Crippen molar-refractivity contribution < 1.29 is 10.2 Å². The van der Waals surface area contributed by atoms with Crippen LogP contribution in [0.15, 0.2) is 83.0 Å². The molecule has 3 aromatic carbocycles. The van der Waals surface area contributed by atoms with E-state index in [1.54, 1.807) is 50.2 Å². The van der Waals surface area contributed by atoms with Gasteiger partial charge < -0.3 is 10.2 Å². The van der Waals surface area contributed by atoms with Crippen LogP contribution in [0.2, 0.25) is 0 Å². The Morgan fingerprint density at radius 3 is 1.21 bits per heavy atom. The Morgan fingerprint density at radius 1 is 0.542 bits per heavy atom. The van der Waals surface area contributed by atoms with E-state index in [9.17, 15) is 10.2 Å². The maximum absolute atomic E-state index is 9.55. The Hall–Kier alpha value is -3.14. The summed E-state index contributed by atoms with van der Waals surface area (Å²) in [5, 5.41) is 27.3. The summed E-state index contributed by atoms with van der Waals surface area (Å²) in [6.07, 6.45) is 0. The molecule has 0 aliphatic rings. The smallest absolute Gasteiger partial charge is 0.120 e. The van der Waals surface area contributed by atoms with Crippen LogP contribution in [0.5, 0.6) is 11.5 Å². The van der Waals surface area contributed by atoms with Gasteiger partial charge in [-0.1, -0.05) is 48.5 Å². The van der Waals surface area contributed by atoms with Crippen molar-refractivity contribution in [3.63, 3.8) is 0 Å². The van der Waals surface area contributed by atoms with E-state index in [4.69, 9.17) is 0 Å². The third-order valence-electron chi connectivity index (χ3n) is 3.49. The molecule has 0 radical (unpaired) electrons. The van der Waals surface area contributed by atoms with Crippen molar-refractivity contribution in [2.75, 3.05) is 0 Å². The molecule has 0 amide bonds. The number of aromatic hydroxyl groups is 2. The molecule has 0 unspecified atom stereocenters. The number of rotatable bonds is 2. The van der Waals surface area contributed by atoms with Crippen LogP contribution < -0.4 is 0 Å². The monoisotopic (exact) mass is 320 g/mol. The van der Waals surface area contributed by atoms with Crippen LogP contribution in [0.4, 0.5) is 11.4 Å². The molecule has 0 saturated heterocycles. The van der Waals surface area contributed by atoms with Gasteiger partial charge in [0.15, 0.2) is 0 Å². The number of nitrogens with zero attached hydrogens (tertiary/aromatic N) is 2. The van der Waals surface area contributed by atoms with Crippen molar-refractivity contribution in [2.24, 2.45) is 10.2 Å². The lowest BCUT2D eigenvalue weighted by Gasteiger charge is -2.03. The molecule has 4 heteroatoms. The molecular weight excluding hydrogens is 300 g/mol. The summed E-state index contributed by atoms with van der Waals surface area (Å²) < 4.78 is 0. The summed E-state index contributed by atoms with van der Waals surface area (Å²) in [6, 6.07) is 22.2. The van der Waals surface area contributed by atoms with Crippen molar-refractivity contribution in [3.05, 3.63) is 83.9 Å². The van der Waals surface area contributed by atoms with E-state index >= 15 is 0 Å². The molecule has 0 aromatic heterocycles. The molecule has 24 heavy (non-hydrogen) atoms. The number of azo groups is 1. The van der Waals surface area contributed by atoms with Gasteiger partial charge in [-0.3, -0.25) is 0 Å². The molecule has 122 valence electrons. The van der Waals surface area contributed by atoms with Gasteiger partial charge in [-0.15, -0.1) is 0 Å². The fourth-order valence-corrected chi connectivity index (χ4v) is 1.93. The quantitative estimate of drug-likeness (QED) is 0.584. The summed E-state index contributed by atoms with van der Waals surface area (Å²) in [5.74, 6) is 0.387. The second-order valence-electron chi connectivity index (χ2n) is 5.20. The van der Waals surface area contributed by atoms with E-state index in [1.165, 1.54) is 0 Å². The van der Waals surface area contributed by atoms with Crippen LogP contribution in [0.3, 0.4) is 0 Å². The van der Waals surface area contributed by atoms with E-state index in [1.807, 2.05) is 36.4 Å². The van der Waals surface area contributed by atoms with Gasteiger partial charge in [0.25, 0.3) is 0 Å². The molecule has 2 N–H and O–H groups in total. The Kier molecular flexibility index (Phi) is 6.08. The summed E-state index contributed by atoms with van der Waals surface area (Å²) in [7, 11) is 0. The fraction of sp³-hybridized carbons (Fsp3) is 0.100. The van der Waals surface area contributed by atoms with Gasteiger partial charge in [0, 0.05) is 11.1 Å². The minimum Gasteiger partial charge on any atom is -0.508 e. The van der Waals surface area contributed by atoms with Crippen LogP contribution in [0.25, 0.3) is 0 Å². The second-order valence-corrected chi connectivity index (χ2v) is 5.20. The standard InChI is InChI=1S/C14H14N2O2.C6H6/c1-9-11(5-3-7-13(9)17)15-16-12-6-4-8-14(18)10(12)2;1-2-4-6-5-3-1/h3-8,17-18H,1-2H3;1-6H. The molecular formula is C20H20N2O2. The average molecular weight is 320 g/mol. The Balaban J connectivity index is 0.000000292. The molecule has 0 spiro atoms. The first kappa shape index (κ1) is 17.2. The van der Waals surface area contributed by atoms with E-state index < -0.39 is 0 Å². The summed E-state index contributed by atoms with van der Waals surface area (Å²) in [5.41, 5.74) is 2.58. The van der Waals surface area contributed by atoms with E-state index in [0.717, 1.165) is 0 Å². The number of hydrogen-bond acceptors (Lipinski definition) is 4. The third kappa shape index (κ3) is 4.68. The first-order valence-electron chi connectivity index (χ1n) is 7.58. The highest BCUT2D eigenvalue weighted by atomic mass is 16.3. The SMILES string of the molecule is Cc1c(O)cccc1N=Nc1cccc(O)c1C.c1ccccc1. The molecule has 3 rings (SSSR count). The normalized spacial score (nSPS) is 10.2. The molecule has 0 fully saturated rings. The van der Waals surface area contributed by atoms with Gasteiger partial charge in [-0.05, 0) is 38.1 Å². The molecule has 0 aliphatic carbocycles. The van der Waals surface area contributed by atoms with Crippen molar-refractivity contribution in [3.8, 4) is 11.5 Å². The molecule has 0 heterocycles. The first-order chi connectivity index (χ1) is 11.6. The molecule has 3 aromatic rings. The minimum absolute atomic E-state index is 0.194. The van der Waals surface area contributed by atoms with Crippen molar-refractivity contribution in [1.29, 1.82) is 0 Å². The lowest BCUT2D eigenvalue weighted by molar-refractivity contribution is 0.470. The summed E-state index contributed by atoms with van der Waals surface area (Å²) >= 11 is 0. The second kappa shape index (κ2) is 8.48. The molecule has 0 saturated carbocycles. The molecule has 0 aliphatic heterocycles. The lowest BCUT2D eigenvalue weighted by atomic mass is 10.2. The highest BCUT2D eigenvalue weighted by molar-refractivity contribution is 5.54. The van der Waals surface area contributed by atoms with E-state index in [0.29, 0.717) is 22.5 Å². The van der Waals surface area contributed by atoms with Crippen LogP contribution in [0, 0.1) is 13.8 Å². The highest BCUT2D eigenvalue weighted by Crippen LogP contribution is 2.31. The van der Waals surface area contributed by atoms with E-state index in [2.05, 4.69) is 10.2 Å². The van der Waals surface area contributed by atoms with E-state index in [-0.39, 0.29) is 11.5 Å². The van der Waals surface area contributed by atoms with Gasteiger partial charge >= 0.3 is 0 Å². The Labute approximate surface area is 141 Å². The Bertz CT molecular complexity index is 735. The average Bonchev–Trinajstić information content (AvgIpc) is 2.61. The van der Waals surface area contributed by atoms with Crippen LogP contribution in [-0.4, -0.2) is 10.2 Å². The zero-order chi connectivity index (χ0) is 17.4. The topological polar surface area (TPSA) is 65.2 Å². The zero-order valence-corrected chi connectivity index (χ0v) is 13.7. The van der Waals surface area contributed by atoms with Crippen LogP contribution in [-0.2, 0) is 0 Å². The number of phenolic OH excluding ortho intramolecular Hbond substituents is 2. The summed E-state index contributed by atoms with van der Waals surface area (Å²) in [6.45, 7) is 3.55. The van der Waals surface area contributed by atoms with Crippen LogP contribution >= 0.6 is 0 Å². The summed E-state index contributed by atoms with van der Waals surface area (Å²) in [4.78, 5) is 0. The Morgan fingerprint density at radius 2 is 0.875 bits per heavy atom. The predicted octanol–water partition coefficient (Wildman–Crippen LogP) is 5.82. The van der Waals surface area contributed by atoms with Gasteiger partial charge in [0.05, 0.1) is 11.4 Å². The van der Waals surface area contributed by atoms with Gasteiger partial charge in [0.1, 0.15) is 11.5 Å². The maximum atomic E-state index is 9.55. The maximum Gasteiger partial charge on any atom is 0.120 e. The van der Waals surface area contributed by atoms with Gasteiger partial charge in [-0.2, -0.15) is 10.2 Å². The van der Waals surface area contributed by atoms with Crippen LogP contribution in [0.1, 0.15) is 11.1 Å². The zero-order valence-electron chi connectivity index (χ0n) is 13.7. The van der Waals surface area contributed by atoms with Crippen molar-refractivity contribution >= 4 is 11.4 Å². The lowest BCUT2D eigenvalue weighted by Crippen LogP contribution is -1.77.